The van der Waals surface area contributed by atoms with Gasteiger partial charge in [0.05, 0.1) is 5.92 Å². The molecule has 0 saturated heterocycles. The third-order valence-corrected chi connectivity index (χ3v) is 2.44. The maximum atomic E-state index is 11.6. The van der Waals surface area contributed by atoms with Gasteiger partial charge in [0, 0.05) is 7.05 Å². The van der Waals surface area contributed by atoms with Crippen LogP contribution in [0.3, 0.4) is 0 Å². The van der Waals surface area contributed by atoms with Crippen LogP contribution in [0.1, 0.15) is 31.2 Å². The second-order valence-electron chi connectivity index (χ2n) is 3.55. The molecule has 2 N–H and O–H groups in total. The largest absolute Gasteiger partial charge is 0.508 e. The molecule has 0 spiro atoms. The van der Waals surface area contributed by atoms with Crippen LogP contribution in [-0.4, -0.2) is 18.1 Å². The first-order valence-electron chi connectivity index (χ1n) is 5.19. The first-order valence-corrected chi connectivity index (χ1v) is 5.19. The molecule has 0 unspecified atom stereocenters. The lowest BCUT2D eigenvalue weighted by Crippen LogP contribution is -2.25. The zero-order valence-corrected chi connectivity index (χ0v) is 9.16. The summed E-state index contributed by atoms with van der Waals surface area (Å²) in [6.45, 7) is 2.05. The minimum atomic E-state index is -0.111. The predicted octanol–water partition coefficient (Wildman–Crippen LogP) is 2.02. The number of carbonyl (C=O) groups is 1. The Morgan fingerprint density at radius 2 is 2.00 bits per heavy atom. The van der Waals surface area contributed by atoms with Gasteiger partial charge in [-0.25, -0.2) is 0 Å². The highest BCUT2D eigenvalue weighted by Gasteiger charge is 2.17. The lowest BCUT2D eigenvalue weighted by molar-refractivity contribution is -0.122. The van der Waals surface area contributed by atoms with Crippen LogP contribution in [0.5, 0.6) is 5.75 Å². The van der Waals surface area contributed by atoms with Gasteiger partial charge in [0.25, 0.3) is 0 Å². The molecule has 0 heterocycles. The fourth-order valence-corrected chi connectivity index (χ4v) is 1.62. The van der Waals surface area contributed by atoms with E-state index < -0.39 is 0 Å². The van der Waals surface area contributed by atoms with E-state index in [4.69, 9.17) is 5.11 Å². The summed E-state index contributed by atoms with van der Waals surface area (Å²) >= 11 is 0. The van der Waals surface area contributed by atoms with Crippen molar-refractivity contribution in [2.75, 3.05) is 7.05 Å². The SMILES string of the molecule is CCC[C@H](C(=O)NC)c1ccc(O)cc1. The van der Waals surface area contributed by atoms with Crippen molar-refractivity contribution >= 4 is 5.91 Å². The molecule has 15 heavy (non-hydrogen) atoms. The average Bonchev–Trinajstić information content (AvgIpc) is 2.26. The Bertz CT molecular complexity index is 319. The third kappa shape index (κ3) is 2.98. The number of hydrogen-bond acceptors (Lipinski definition) is 2. The number of benzene rings is 1. The highest BCUT2D eigenvalue weighted by molar-refractivity contribution is 5.83. The van der Waals surface area contributed by atoms with Crippen LogP contribution in [0, 0.1) is 0 Å². The van der Waals surface area contributed by atoms with Gasteiger partial charge >= 0.3 is 0 Å². The lowest BCUT2D eigenvalue weighted by atomic mass is 9.93. The number of phenols is 1. The molecule has 3 nitrogen and oxygen atoms in total. The molecular weight excluding hydrogens is 190 g/mol. The highest BCUT2D eigenvalue weighted by atomic mass is 16.3. The van der Waals surface area contributed by atoms with Crippen LogP contribution >= 0.6 is 0 Å². The number of likely N-dealkylation sites (N-methyl/N-ethyl adjacent to an activating group) is 1. The molecule has 0 aliphatic heterocycles. The van der Waals surface area contributed by atoms with Crippen LogP contribution in [-0.2, 0) is 4.79 Å². The minimum Gasteiger partial charge on any atom is -0.508 e. The van der Waals surface area contributed by atoms with Crippen molar-refractivity contribution < 1.29 is 9.90 Å². The van der Waals surface area contributed by atoms with E-state index in [1.54, 1.807) is 31.3 Å². The Morgan fingerprint density at radius 1 is 1.40 bits per heavy atom. The summed E-state index contributed by atoms with van der Waals surface area (Å²) in [5.41, 5.74) is 0.953. The Kier molecular flexibility index (Phi) is 4.16. The van der Waals surface area contributed by atoms with Gasteiger partial charge in [-0.1, -0.05) is 25.5 Å². The molecule has 0 fully saturated rings. The van der Waals surface area contributed by atoms with Crippen molar-refractivity contribution in [1.82, 2.24) is 5.32 Å². The maximum Gasteiger partial charge on any atom is 0.227 e. The van der Waals surface area contributed by atoms with Crippen molar-refractivity contribution in [3.8, 4) is 5.75 Å². The molecule has 3 heteroatoms. The van der Waals surface area contributed by atoms with Crippen LogP contribution in [0.2, 0.25) is 0 Å². The molecule has 0 saturated carbocycles. The quantitative estimate of drug-likeness (QED) is 0.793. The van der Waals surface area contributed by atoms with E-state index in [2.05, 4.69) is 12.2 Å². The van der Waals surface area contributed by atoms with E-state index in [1.165, 1.54) is 0 Å². The Balaban J connectivity index is 2.88. The van der Waals surface area contributed by atoms with Crippen molar-refractivity contribution in [2.24, 2.45) is 0 Å². The topological polar surface area (TPSA) is 49.3 Å². The minimum absolute atomic E-state index is 0.0301. The van der Waals surface area contributed by atoms with Crippen LogP contribution in [0.15, 0.2) is 24.3 Å². The molecule has 1 amide bonds. The summed E-state index contributed by atoms with van der Waals surface area (Å²) in [7, 11) is 1.64. The second-order valence-corrected chi connectivity index (χ2v) is 3.55. The van der Waals surface area contributed by atoms with E-state index in [-0.39, 0.29) is 17.6 Å². The zero-order chi connectivity index (χ0) is 11.3. The summed E-state index contributed by atoms with van der Waals surface area (Å²) in [4.78, 5) is 11.6. The fraction of sp³-hybridized carbons (Fsp3) is 0.417. The van der Waals surface area contributed by atoms with E-state index >= 15 is 0 Å². The first kappa shape index (κ1) is 11.6. The first-order chi connectivity index (χ1) is 7.19. The third-order valence-electron chi connectivity index (χ3n) is 2.44. The van der Waals surface area contributed by atoms with Crippen molar-refractivity contribution in [1.29, 1.82) is 0 Å². The number of aromatic hydroxyl groups is 1. The molecular formula is C12H17NO2. The summed E-state index contributed by atoms with van der Waals surface area (Å²) in [6.07, 6.45) is 1.78. The molecule has 0 radical (unpaired) electrons. The van der Waals surface area contributed by atoms with Gasteiger partial charge in [-0.15, -0.1) is 0 Å². The summed E-state index contributed by atoms with van der Waals surface area (Å²) in [5.74, 6) is 0.147. The van der Waals surface area contributed by atoms with Gasteiger partial charge in [-0.2, -0.15) is 0 Å². The molecule has 0 aromatic heterocycles. The van der Waals surface area contributed by atoms with E-state index in [9.17, 15) is 4.79 Å². The monoisotopic (exact) mass is 207 g/mol. The van der Waals surface area contributed by atoms with Crippen LogP contribution in [0.4, 0.5) is 0 Å². The van der Waals surface area contributed by atoms with Crippen molar-refractivity contribution in [3.63, 3.8) is 0 Å². The van der Waals surface area contributed by atoms with Crippen molar-refractivity contribution in [3.05, 3.63) is 29.8 Å². The number of nitrogens with one attached hydrogen (secondary N) is 1. The normalized spacial score (nSPS) is 12.1. The average molecular weight is 207 g/mol. The molecule has 1 aromatic carbocycles. The predicted molar refractivity (Wildman–Crippen MR) is 59.8 cm³/mol. The highest BCUT2D eigenvalue weighted by Crippen LogP contribution is 2.23. The number of rotatable bonds is 4. The van der Waals surface area contributed by atoms with Gasteiger partial charge in [-0.05, 0) is 24.1 Å². The van der Waals surface area contributed by atoms with Crippen LogP contribution < -0.4 is 5.32 Å². The van der Waals surface area contributed by atoms with Crippen molar-refractivity contribution in [2.45, 2.75) is 25.7 Å². The van der Waals surface area contributed by atoms with Gasteiger partial charge in [0.15, 0.2) is 0 Å². The smallest absolute Gasteiger partial charge is 0.227 e. The van der Waals surface area contributed by atoms with E-state index in [0.29, 0.717) is 0 Å². The Morgan fingerprint density at radius 3 is 2.47 bits per heavy atom. The molecule has 0 aliphatic rings. The van der Waals surface area contributed by atoms with Crippen LogP contribution in [0.25, 0.3) is 0 Å². The van der Waals surface area contributed by atoms with Gasteiger partial charge < -0.3 is 10.4 Å². The molecule has 82 valence electrons. The number of carbonyl (C=O) groups excluding carboxylic acids is 1. The maximum absolute atomic E-state index is 11.6. The summed E-state index contributed by atoms with van der Waals surface area (Å²) in [6, 6.07) is 6.82. The molecule has 0 aliphatic carbocycles. The Labute approximate surface area is 90.1 Å². The van der Waals surface area contributed by atoms with Gasteiger partial charge in [-0.3, -0.25) is 4.79 Å². The van der Waals surface area contributed by atoms with Gasteiger partial charge in [0.2, 0.25) is 5.91 Å². The summed E-state index contributed by atoms with van der Waals surface area (Å²) < 4.78 is 0. The lowest BCUT2D eigenvalue weighted by Gasteiger charge is -2.14. The number of phenolic OH excluding ortho intramolecular Hbond substituents is 1. The number of amides is 1. The fourth-order valence-electron chi connectivity index (χ4n) is 1.62. The molecule has 1 atom stereocenters. The van der Waals surface area contributed by atoms with E-state index in [0.717, 1.165) is 18.4 Å². The molecule has 0 bridgehead atoms. The number of hydrogen-bond donors (Lipinski definition) is 2. The van der Waals surface area contributed by atoms with Gasteiger partial charge in [0.1, 0.15) is 5.75 Å². The standard InChI is InChI=1S/C12H17NO2/c1-3-4-11(12(15)13-2)9-5-7-10(14)8-6-9/h5-8,11,14H,3-4H2,1-2H3,(H,13,15)/t11-/m0/s1. The van der Waals surface area contributed by atoms with E-state index in [1.807, 2.05) is 0 Å². The molecule has 1 aromatic rings. The molecule has 1 rings (SSSR count). The summed E-state index contributed by atoms with van der Waals surface area (Å²) in [5, 5.41) is 11.8. The zero-order valence-electron chi connectivity index (χ0n) is 9.16. The Hall–Kier alpha value is -1.51. The second kappa shape index (κ2) is 5.39.